The van der Waals surface area contributed by atoms with E-state index in [-0.39, 0.29) is 0 Å². The van der Waals surface area contributed by atoms with Crippen LogP contribution in [0.15, 0.2) is 0 Å². The van der Waals surface area contributed by atoms with Gasteiger partial charge in [-0.25, -0.2) is 0 Å². The van der Waals surface area contributed by atoms with Gasteiger partial charge in [-0.05, 0) is 30.1 Å². The summed E-state index contributed by atoms with van der Waals surface area (Å²) in [4.78, 5) is 2.79. The van der Waals surface area contributed by atoms with Gasteiger partial charge < -0.3 is 5.32 Å². The lowest BCUT2D eigenvalue weighted by atomic mass is 9.81. The van der Waals surface area contributed by atoms with Gasteiger partial charge in [0.1, 0.15) is 0 Å². The topological polar surface area (TPSA) is 15.3 Å². The summed E-state index contributed by atoms with van der Waals surface area (Å²) in [6, 6.07) is 1.46. The lowest BCUT2D eigenvalue weighted by molar-refractivity contribution is 0.0462. The van der Waals surface area contributed by atoms with Crippen molar-refractivity contribution in [3.05, 3.63) is 0 Å². The van der Waals surface area contributed by atoms with E-state index >= 15 is 0 Å². The molecule has 2 atom stereocenters. The molecule has 0 aromatic carbocycles. The lowest BCUT2D eigenvalue weighted by Crippen LogP contribution is -2.61. The first-order chi connectivity index (χ1) is 9.37. The maximum absolute atomic E-state index is 3.89. The first-order valence-electron chi connectivity index (χ1n) is 8.84. The van der Waals surface area contributed by atoms with E-state index in [1.165, 1.54) is 51.7 Å². The summed E-state index contributed by atoms with van der Waals surface area (Å²) >= 11 is 0. The first kappa shape index (κ1) is 16.3. The zero-order valence-electron chi connectivity index (χ0n) is 14.4. The Hall–Kier alpha value is -0.0800. The van der Waals surface area contributed by atoms with Crippen molar-refractivity contribution in [3.8, 4) is 0 Å². The van der Waals surface area contributed by atoms with Gasteiger partial charge in [-0.2, -0.15) is 0 Å². The highest BCUT2D eigenvalue weighted by Crippen LogP contribution is 2.30. The smallest absolute Gasteiger partial charge is 0.0244 e. The molecular weight excluding hydrogens is 244 g/mol. The highest BCUT2D eigenvalue weighted by Gasteiger charge is 2.35. The summed E-state index contributed by atoms with van der Waals surface area (Å²) in [6.45, 7) is 15.6. The SMILES string of the molecule is CC(C)C1CNC(C2CCCCC2)CN1CC(C)(C)C. The highest BCUT2D eigenvalue weighted by molar-refractivity contribution is 4.92. The number of nitrogens with one attached hydrogen (secondary N) is 1. The van der Waals surface area contributed by atoms with Crippen molar-refractivity contribution >= 4 is 0 Å². The first-order valence-corrected chi connectivity index (χ1v) is 8.84. The maximum atomic E-state index is 3.89. The molecule has 0 spiro atoms. The minimum atomic E-state index is 0.404. The van der Waals surface area contributed by atoms with E-state index in [2.05, 4.69) is 44.8 Å². The second-order valence-corrected chi connectivity index (χ2v) is 8.71. The fourth-order valence-electron chi connectivity index (χ4n) is 4.15. The highest BCUT2D eigenvalue weighted by atomic mass is 15.2. The van der Waals surface area contributed by atoms with E-state index in [1.54, 1.807) is 0 Å². The molecule has 1 aliphatic heterocycles. The van der Waals surface area contributed by atoms with E-state index in [0.29, 0.717) is 11.5 Å². The third-order valence-corrected chi connectivity index (χ3v) is 5.16. The summed E-state index contributed by atoms with van der Waals surface area (Å²) in [5.74, 6) is 1.68. The molecule has 2 fully saturated rings. The van der Waals surface area contributed by atoms with Crippen LogP contribution < -0.4 is 5.32 Å². The molecule has 2 unspecified atom stereocenters. The Bertz CT molecular complexity index is 286. The summed E-state index contributed by atoms with van der Waals surface area (Å²) in [6.07, 6.45) is 7.27. The zero-order valence-corrected chi connectivity index (χ0v) is 14.4. The molecule has 1 aliphatic carbocycles. The van der Waals surface area contributed by atoms with E-state index < -0.39 is 0 Å². The third kappa shape index (κ3) is 4.46. The van der Waals surface area contributed by atoms with Crippen LogP contribution in [0.5, 0.6) is 0 Å². The van der Waals surface area contributed by atoms with Gasteiger partial charge in [-0.15, -0.1) is 0 Å². The number of nitrogens with zero attached hydrogens (tertiary/aromatic N) is 1. The van der Waals surface area contributed by atoms with Crippen LogP contribution in [0.25, 0.3) is 0 Å². The van der Waals surface area contributed by atoms with E-state index in [9.17, 15) is 0 Å². The molecule has 0 aromatic rings. The molecule has 1 saturated carbocycles. The number of hydrogen-bond acceptors (Lipinski definition) is 2. The fraction of sp³-hybridized carbons (Fsp3) is 1.00. The second kappa shape index (κ2) is 6.79. The average molecular weight is 280 g/mol. The maximum Gasteiger partial charge on any atom is 0.0244 e. The Kier molecular flexibility index (Phi) is 5.53. The molecule has 2 rings (SSSR count). The summed E-state index contributed by atoms with van der Waals surface area (Å²) in [5, 5.41) is 3.89. The van der Waals surface area contributed by atoms with Crippen molar-refractivity contribution in [2.75, 3.05) is 19.6 Å². The molecule has 1 N–H and O–H groups in total. The Labute approximate surface area is 126 Å². The second-order valence-electron chi connectivity index (χ2n) is 8.71. The molecule has 1 saturated heterocycles. The van der Waals surface area contributed by atoms with Crippen LogP contribution in [0.3, 0.4) is 0 Å². The number of piperazine rings is 1. The van der Waals surface area contributed by atoms with Crippen LogP contribution in [-0.4, -0.2) is 36.6 Å². The third-order valence-electron chi connectivity index (χ3n) is 5.16. The van der Waals surface area contributed by atoms with Gasteiger partial charge in [0.25, 0.3) is 0 Å². The molecule has 2 nitrogen and oxygen atoms in total. The van der Waals surface area contributed by atoms with Gasteiger partial charge in [0.05, 0.1) is 0 Å². The monoisotopic (exact) mass is 280 g/mol. The van der Waals surface area contributed by atoms with Crippen LogP contribution in [0.1, 0.15) is 66.7 Å². The standard InChI is InChI=1S/C18H36N2/c1-14(2)17-11-19-16(15-9-7-6-8-10-15)12-20(17)13-18(3,4)5/h14-17,19H,6-13H2,1-5H3. The van der Waals surface area contributed by atoms with Gasteiger partial charge in [0.2, 0.25) is 0 Å². The number of rotatable bonds is 3. The Morgan fingerprint density at radius 2 is 1.75 bits per heavy atom. The largest absolute Gasteiger partial charge is 0.311 e. The molecule has 0 amide bonds. The summed E-state index contributed by atoms with van der Waals surface area (Å²) in [7, 11) is 0. The van der Waals surface area contributed by atoms with E-state index in [0.717, 1.165) is 17.9 Å². The van der Waals surface area contributed by atoms with Crippen LogP contribution in [-0.2, 0) is 0 Å². The number of hydrogen-bond donors (Lipinski definition) is 1. The van der Waals surface area contributed by atoms with E-state index in [4.69, 9.17) is 0 Å². The Morgan fingerprint density at radius 3 is 2.30 bits per heavy atom. The van der Waals surface area contributed by atoms with Gasteiger partial charge in [-0.1, -0.05) is 53.9 Å². The minimum absolute atomic E-state index is 0.404. The predicted octanol–water partition coefficient (Wildman–Crippen LogP) is 3.91. The van der Waals surface area contributed by atoms with Gasteiger partial charge in [0, 0.05) is 31.7 Å². The molecular formula is C18H36N2. The Morgan fingerprint density at radius 1 is 1.10 bits per heavy atom. The van der Waals surface area contributed by atoms with Crippen LogP contribution >= 0.6 is 0 Å². The van der Waals surface area contributed by atoms with Crippen molar-refractivity contribution in [1.29, 1.82) is 0 Å². The predicted molar refractivity (Wildman–Crippen MR) is 88.0 cm³/mol. The Balaban J connectivity index is 1.99. The fourth-order valence-corrected chi connectivity index (χ4v) is 4.15. The molecule has 1 heterocycles. The van der Waals surface area contributed by atoms with Crippen molar-refractivity contribution in [1.82, 2.24) is 10.2 Å². The lowest BCUT2D eigenvalue weighted by Gasteiger charge is -2.47. The zero-order chi connectivity index (χ0) is 14.8. The summed E-state index contributed by atoms with van der Waals surface area (Å²) < 4.78 is 0. The van der Waals surface area contributed by atoms with Crippen LogP contribution in [0, 0.1) is 17.3 Å². The molecule has 20 heavy (non-hydrogen) atoms. The van der Waals surface area contributed by atoms with Gasteiger partial charge >= 0.3 is 0 Å². The van der Waals surface area contributed by atoms with Crippen LogP contribution in [0.4, 0.5) is 0 Å². The molecule has 0 radical (unpaired) electrons. The van der Waals surface area contributed by atoms with Gasteiger partial charge in [0.15, 0.2) is 0 Å². The van der Waals surface area contributed by atoms with E-state index in [1.807, 2.05) is 0 Å². The summed E-state index contributed by atoms with van der Waals surface area (Å²) in [5.41, 5.74) is 0.404. The molecule has 118 valence electrons. The van der Waals surface area contributed by atoms with Crippen LogP contribution in [0.2, 0.25) is 0 Å². The van der Waals surface area contributed by atoms with Crippen molar-refractivity contribution in [2.45, 2.75) is 78.8 Å². The quantitative estimate of drug-likeness (QED) is 0.843. The molecule has 2 aliphatic rings. The van der Waals surface area contributed by atoms with Crippen molar-refractivity contribution in [2.24, 2.45) is 17.3 Å². The molecule has 2 heteroatoms. The van der Waals surface area contributed by atoms with Gasteiger partial charge in [-0.3, -0.25) is 4.90 Å². The molecule has 0 bridgehead atoms. The van der Waals surface area contributed by atoms with Crippen molar-refractivity contribution in [3.63, 3.8) is 0 Å². The average Bonchev–Trinajstić information content (AvgIpc) is 2.37. The minimum Gasteiger partial charge on any atom is -0.311 e. The molecule has 0 aromatic heterocycles. The van der Waals surface area contributed by atoms with Crippen molar-refractivity contribution < 1.29 is 0 Å². The normalized spacial score (nSPS) is 30.9.